The van der Waals surface area contributed by atoms with Gasteiger partial charge in [0.05, 0.1) is 10.6 Å². The van der Waals surface area contributed by atoms with E-state index in [-0.39, 0.29) is 0 Å². The fourth-order valence-electron chi connectivity index (χ4n) is 2.46. The number of aromatic nitrogens is 4. The summed E-state index contributed by atoms with van der Waals surface area (Å²) in [6.07, 6.45) is 2.44. The average molecular weight is 332 g/mol. The zero-order chi connectivity index (χ0) is 15.1. The third-order valence-electron chi connectivity index (χ3n) is 3.84. The van der Waals surface area contributed by atoms with Crippen molar-refractivity contribution in [3.05, 3.63) is 34.5 Å². The highest BCUT2D eigenvalue weighted by molar-refractivity contribution is 7.98. The maximum atomic E-state index is 5.23. The van der Waals surface area contributed by atoms with E-state index >= 15 is 0 Å². The van der Waals surface area contributed by atoms with E-state index in [0.717, 1.165) is 33.8 Å². The molecule has 3 heterocycles. The van der Waals surface area contributed by atoms with Gasteiger partial charge < -0.3 is 4.52 Å². The molecule has 0 bridgehead atoms. The highest BCUT2D eigenvalue weighted by Gasteiger charge is 2.30. The molecular formula is C15H16N4OS2. The number of thioether (sulfide) groups is 1. The predicted molar refractivity (Wildman–Crippen MR) is 87.1 cm³/mol. The molecule has 3 aromatic heterocycles. The Balaban J connectivity index is 1.62. The van der Waals surface area contributed by atoms with E-state index in [1.165, 1.54) is 17.7 Å². The van der Waals surface area contributed by atoms with Gasteiger partial charge in [0.2, 0.25) is 0 Å². The molecular weight excluding hydrogens is 316 g/mol. The molecule has 7 heteroatoms. The highest BCUT2D eigenvalue weighted by atomic mass is 32.2. The third kappa shape index (κ3) is 2.48. The monoisotopic (exact) mass is 332 g/mol. The predicted octanol–water partition coefficient (Wildman–Crippen LogP) is 4.24. The second kappa shape index (κ2) is 5.55. The zero-order valence-corrected chi connectivity index (χ0v) is 14.1. The summed E-state index contributed by atoms with van der Waals surface area (Å²) in [5.41, 5.74) is 2.12. The summed E-state index contributed by atoms with van der Waals surface area (Å²) in [4.78, 5) is 1.18. The van der Waals surface area contributed by atoms with Crippen LogP contribution in [0.25, 0.3) is 10.7 Å². The molecule has 0 unspecified atom stereocenters. The van der Waals surface area contributed by atoms with E-state index in [1.54, 1.807) is 23.1 Å². The molecule has 5 nitrogen and oxygen atoms in total. The maximum absolute atomic E-state index is 5.23. The minimum atomic E-state index is 0.555. The van der Waals surface area contributed by atoms with Crippen LogP contribution in [-0.4, -0.2) is 19.9 Å². The largest absolute Gasteiger partial charge is 0.361 e. The van der Waals surface area contributed by atoms with Gasteiger partial charge in [-0.2, -0.15) is 0 Å². The number of hydrogen-bond donors (Lipinski definition) is 0. The van der Waals surface area contributed by atoms with Gasteiger partial charge >= 0.3 is 0 Å². The third-order valence-corrected chi connectivity index (χ3v) is 5.68. The summed E-state index contributed by atoms with van der Waals surface area (Å²) in [5, 5.41) is 15.9. The molecule has 1 fully saturated rings. The van der Waals surface area contributed by atoms with Crippen LogP contribution in [0, 0.1) is 13.8 Å². The molecule has 114 valence electrons. The molecule has 0 N–H and O–H groups in total. The van der Waals surface area contributed by atoms with Crippen molar-refractivity contribution in [3.8, 4) is 10.7 Å². The van der Waals surface area contributed by atoms with Crippen molar-refractivity contribution in [3.63, 3.8) is 0 Å². The molecule has 1 aliphatic rings. The van der Waals surface area contributed by atoms with Crippen LogP contribution >= 0.6 is 23.1 Å². The normalized spacial score (nSPS) is 14.6. The molecule has 0 aliphatic heterocycles. The van der Waals surface area contributed by atoms with Crippen LogP contribution in [0.4, 0.5) is 0 Å². The lowest BCUT2D eigenvalue weighted by Gasteiger charge is -2.07. The van der Waals surface area contributed by atoms with E-state index in [9.17, 15) is 0 Å². The summed E-state index contributed by atoms with van der Waals surface area (Å²) < 4.78 is 7.53. The summed E-state index contributed by atoms with van der Waals surface area (Å²) in [5.74, 6) is 2.70. The minimum Gasteiger partial charge on any atom is -0.361 e. The Labute approximate surface area is 136 Å². The lowest BCUT2D eigenvalue weighted by molar-refractivity contribution is 0.392. The maximum Gasteiger partial charge on any atom is 0.192 e. The summed E-state index contributed by atoms with van der Waals surface area (Å²) in [7, 11) is 0. The second-order valence-corrected chi connectivity index (χ2v) is 7.37. The first-order valence-electron chi connectivity index (χ1n) is 7.27. The van der Waals surface area contributed by atoms with Crippen LogP contribution in [0.3, 0.4) is 0 Å². The van der Waals surface area contributed by atoms with Gasteiger partial charge in [0, 0.05) is 17.4 Å². The minimum absolute atomic E-state index is 0.555. The molecule has 3 aromatic rings. The van der Waals surface area contributed by atoms with Gasteiger partial charge in [-0.15, -0.1) is 21.5 Å². The van der Waals surface area contributed by atoms with Crippen molar-refractivity contribution < 1.29 is 4.52 Å². The first-order chi connectivity index (χ1) is 10.7. The first-order valence-corrected chi connectivity index (χ1v) is 9.14. The van der Waals surface area contributed by atoms with Gasteiger partial charge in [-0.1, -0.05) is 23.0 Å². The van der Waals surface area contributed by atoms with Crippen molar-refractivity contribution >= 4 is 23.1 Å². The van der Waals surface area contributed by atoms with E-state index < -0.39 is 0 Å². The fraction of sp³-hybridized carbons (Fsp3) is 0.400. The smallest absolute Gasteiger partial charge is 0.192 e. The number of thiophene rings is 1. The lowest BCUT2D eigenvalue weighted by atomic mass is 10.2. The van der Waals surface area contributed by atoms with E-state index in [1.807, 2.05) is 13.8 Å². The molecule has 0 amide bonds. The summed E-state index contributed by atoms with van der Waals surface area (Å²) in [6, 6.07) is 4.72. The Bertz CT molecular complexity index is 767. The zero-order valence-electron chi connectivity index (χ0n) is 12.4. The Hall–Kier alpha value is -1.60. The lowest BCUT2D eigenvalue weighted by Crippen LogP contribution is -1.99. The molecule has 0 spiro atoms. The van der Waals surface area contributed by atoms with E-state index in [2.05, 4.69) is 37.4 Å². The number of hydrogen-bond acceptors (Lipinski definition) is 6. The van der Waals surface area contributed by atoms with Crippen molar-refractivity contribution in [2.24, 2.45) is 0 Å². The van der Waals surface area contributed by atoms with Gasteiger partial charge in [-0.3, -0.25) is 4.57 Å². The van der Waals surface area contributed by atoms with Crippen LogP contribution in [0.1, 0.15) is 35.9 Å². The van der Waals surface area contributed by atoms with Crippen LogP contribution in [0.15, 0.2) is 27.2 Å². The van der Waals surface area contributed by atoms with Gasteiger partial charge in [0.15, 0.2) is 11.0 Å². The molecule has 1 saturated carbocycles. The number of aryl methyl sites for hydroxylation is 2. The Morgan fingerprint density at radius 3 is 2.86 bits per heavy atom. The van der Waals surface area contributed by atoms with Crippen LogP contribution < -0.4 is 0 Å². The van der Waals surface area contributed by atoms with E-state index in [4.69, 9.17) is 4.52 Å². The summed E-state index contributed by atoms with van der Waals surface area (Å²) >= 11 is 3.43. The van der Waals surface area contributed by atoms with Crippen LogP contribution in [0.5, 0.6) is 0 Å². The van der Waals surface area contributed by atoms with Crippen molar-refractivity contribution in [2.75, 3.05) is 0 Å². The molecule has 0 saturated heterocycles. The van der Waals surface area contributed by atoms with Crippen LogP contribution in [0.2, 0.25) is 0 Å². The van der Waals surface area contributed by atoms with Gasteiger partial charge in [0.25, 0.3) is 0 Å². The molecule has 0 atom stereocenters. The molecule has 4 rings (SSSR count). The quantitative estimate of drug-likeness (QED) is 0.654. The molecule has 0 radical (unpaired) electrons. The first kappa shape index (κ1) is 14.0. The Morgan fingerprint density at radius 2 is 2.23 bits per heavy atom. The molecule has 1 aliphatic carbocycles. The van der Waals surface area contributed by atoms with Gasteiger partial charge in [-0.25, -0.2) is 0 Å². The van der Waals surface area contributed by atoms with Crippen LogP contribution in [-0.2, 0) is 5.75 Å². The van der Waals surface area contributed by atoms with Crippen molar-refractivity contribution in [2.45, 2.75) is 43.6 Å². The number of nitrogens with zero attached hydrogens (tertiary/aromatic N) is 4. The molecule has 0 aromatic carbocycles. The fourth-order valence-corrected chi connectivity index (χ4v) is 4.32. The van der Waals surface area contributed by atoms with Gasteiger partial charge in [-0.05, 0) is 38.1 Å². The highest BCUT2D eigenvalue weighted by Crippen LogP contribution is 2.42. The molecule has 22 heavy (non-hydrogen) atoms. The van der Waals surface area contributed by atoms with E-state index in [0.29, 0.717) is 6.04 Å². The topological polar surface area (TPSA) is 56.7 Å². The SMILES string of the molecule is Cc1noc(C)c1CSc1nnc(-c2cccs2)n1C1CC1. The Morgan fingerprint density at radius 1 is 1.36 bits per heavy atom. The second-order valence-electron chi connectivity index (χ2n) is 5.48. The number of rotatable bonds is 5. The van der Waals surface area contributed by atoms with Crippen molar-refractivity contribution in [1.29, 1.82) is 0 Å². The van der Waals surface area contributed by atoms with Gasteiger partial charge in [0.1, 0.15) is 5.76 Å². The Kier molecular flexibility index (Phi) is 3.54. The standard InChI is InChI=1S/C15H16N4OS2/c1-9-12(10(2)20-18-9)8-22-15-17-16-14(13-4-3-7-21-13)19(15)11-5-6-11/h3-4,7,11H,5-6,8H2,1-2H3. The average Bonchev–Trinajstić information content (AvgIpc) is 2.93. The van der Waals surface area contributed by atoms with Crippen molar-refractivity contribution in [1.82, 2.24) is 19.9 Å². The summed E-state index contributed by atoms with van der Waals surface area (Å²) in [6.45, 7) is 3.94.